The SMILES string of the molecule is C=C1/C=C\C=C/CC2=C(/C=C\1)SC1=C(C3=Cc4c(sc5ccccc45)CC3)C=C(C)C(c3cc4ccc5c(c4cc3-c3ccccc3C)C(=C)/C=C\C=C/S5)C(C)C21.CC. The zero-order chi connectivity index (χ0) is 41.5. The van der Waals surface area contributed by atoms with Gasteiger partial charge in [-0.2, -0.15) is 0 Å². The largest absolute Gasteiger partial charge is 0.140 e. The van der Waals surface area contributed by atoms with Crippen molar-refractivity contribution in [2.24, 2.45) is 11.8 Å². The van der Waals surface area contributed by atoms with Crippen molar-refractivity contribution in [1.82, 2.24) is 0 Å². The number of hydrogen-bond acceptors (Lipinski definition) is 3. The standard InChI is InChI=1S/C55H46S3.C2H6/c1-33-15-7-6-8-20-42-49(25-22-33)58-55-44(39-23-26-50-46(30-39)41-19-11-12-21-48(41)57-50)29-36(4)52(37(5)54(42)55)47-31-38-24-27-51-53(35(3)17-13-14-28-56-51)43(38)32-45(47)40-18-10-9-16-34(40)2;1-2/h6-19,21-22,24-25,27-32,37,52,54H,1,3,20,23,26H2,2,4-5H3;1-2H3/b8-6-,15-7-,17-13-,25-22-,28-14-;. The van der Waals surface area contributed by atoms with Gasteiger partial charge in [-0.3, -0.25) is 0 Å². The highest BCUT2D eigenvalue weighted by Crippen LogP contribution is 2.59. The van der Waals surface area contributed by atoms with Crippen LogP contribution in [-0.2, 0) is 6.42 Å². The van der Waals surface area contributed by atoms with E-state index >= 15 is 0 Å². The van der Waals surface area contributed by atoms with E-state index in [1.165, 1.54) is 96.1 Å². The Hall–Kier alpha value is -5.06. The predicted molar refractivity (Wildman–Crippen MR) is 269 cm³/mol. The van der Waals surface area contributed by atoms with Gasteiger partial charge in [0.15, 0.2) is 0 Å². The molecule has 0 nitrogen and oxygen atoms in total. The maximum absolute atomic E-state index is 4.58. The van der Waals surface area contributed by atoms with Gasteiger partial charge in [-0.1, -0.05) is 166 Å². The quantitative estimate of drug-likeness (QED) is 0.178. The molecule has 3 heteroatoms. The third kappa shape index (κ3) is 7.29. The van der Waals surface area contributed by atoms with E-state index in [0.717, 1.165) is 30.4 Å². The summed E-state index contributed by atoms with van der Waals surface area (Å²) in [5.74, 6) is 0.758. The molecule has 0 N–H and O–H groups in total. The number of fused-ring (bicyclic) bond motifs is 8. The van der Waals surface area contributed by atoms with Gasteiger partial charge >= 0.3 is 0 Å². The fraction of sp³-hybridized carbons (Fsp3) is 0.193. The molecule has 3 aliphatic carbocycles. The predicted octanol–water partition coefficient (Wildman–Crippen LogP) is 17.5. The van der Waals surface area contributed by atoms with Crippen LogP contribution in [0.2, 0.25) is 0 Å². The Morgan fingerprint density at radius 1 is 0.733 bits per heavy atom. The fourth-order valence-electron chi connectivity index (χ4n) is 9.92. The molecule has 3 unspecified atom stereocenters. The maximum atomic E-state index is 4.58. The van der Waals surface area contributed by atoms with E-state index in [9.17, 15) is 0 Å². The number of allylic oxidation sites excluding steroid dienone is 17. The third-order valence-electron chi connectivity index (χ3n) is 12.6. The van der Waals surface area contributed by atoms with Gasteiger partial charge in [0.2, 0.25) is 0 Å². The Labute approximate surface area is 369 Å². The molecule has 2 aliphatic heterocycles. The normalized spacial score (nSPS) is 23.7. The van der Waals surface area contributed by atoms with Gasteiger partial charge in [0.05, 0.1) is 0 Å². The van der Waals surface area contributed by atoms with Crippen LogP contribution in [0.4, 0.5) is 0 Å². The molecule has 10 rings (SSSR count). The molecule has 0 saturated carbocycles. The van der Waals surface area contributed by atoms with Gasteiger partial charge in [0, 0.05) is 41.7 Å². The van der Waals surface area contributed by atoms with E-state index in [1.807, 2.05) is 36.9 Å². The summed E-state index contributed by atoms with van der Waals surface area (Å²) >= 11 is 5.77. The topological polar surface area (TPSA) is 0 Å². The molecule has 3 atom stereocenters. The molecule has 0 fully saturated rings. The van der Waals surface area contributed by atoms with Crippen LogP contribution in [-0.4, -0.2) is 0 Å². The van der Waals surface area contributed by atoms with E-state index in [0.29, 0.717) is 5.92 Å². The van der Waals surface area contributed by atoms with Gasteiger partial charge in [0.25, 0.3) is 0 Å². The highest BCUT2D eigenvalue weighted by atomic mass is 32.2. The van der Waals surface area contributed by atoms with Crippen molar-refractivity contribution in [2.75, 3.05) is 0 Å². The number of benzene rings is 4. The van der Waals surface area contributed by atoms with Gasteiger partial charge in [-0.15, -0.1) is 11.3 Å². The molecule has 60 heavy (non-hydrogen) atoms. The number of thiophene rings is 1. The van der Waals surface area contributed by atoms with E-state index < -0.39 is 0 Å². The monoisotopic (exact) mass is 832 g/mol. The lowest BCUT2D eigenvalue weighted by Crippen LogP contribution is -2.21. The van der Waals surface area contributed by atoms with E-state index in [2.05, 4.69) is 179 Å². The lowest BCUT2D eigenvalue weighted by atomic mass is 9.71. The highest BCUT2D eigenvalue weighted by Gasteiger charge is 2.42. The summed E-state index contributed by atoms with van der Waals surface area (Å²) in [5, 5.41) is 6.10. The Bertz CT molecular complexity index is 2880. The average Bonchev–Trinajstić information content (AvgIpc) is 3.79. The van der Waals surface area contributed by atoms with Gasteiger partial charge in [-0.25, -0.2) is 0 Å². The van der Waals surface area contributed by atoms with Crippen molar-refractivity contribution in [3.05, 3.63) is 217 Å². The zero-order valence-corrected chi connectivity index (χ0v) is 37.8. The smallest absolute Gasteiger partial charge is 0.0351 e. The van der Waals surface area contributed by atoms with Crippen LogP contribution in [0, 0.1) is 18.8 Å². The van der Waals surface area contributed by atoms with Crippen LogP contribution in [0.5, 0.6) is 0 Å². The van der Waals surface area contributed by atoms with Crippen molar-refractivity contribution in [1.29, 1.82) is 0 Å². The number of hydrogen-bond donors (Lipinski definition) is 0. The second-order valence-corrected chi connectivity index (χ2v) is 19.4. The van der Waals surface area contributed by atoms with Gasteiger partial charge in [0.1, 0.15) is 0 Å². The fourth-order valence-corrected chi connectivity index (χ4v) is 13.4. The Balaban J connectivity index is 0.00000228. The van der Waals surface area contributed by atoms with Gasteiger partial charge < -0.3 is 0 Å². The molecule has 3 heterocycles. The summed E-state index contributed by atoms with van der Waals surface area (Å²) in [4.78, 5) is 5.66. The summed E-state index contributed by atoms with van der Waals surface area (Å²) in [5.41, 5.74) is 15.9. The first kappa shape index (κ1) is 40.4. The summed E-state index contributed by atoms with van der Waals surface area (Å²) < 4.78 is 1.39. The molecule has 4 aromatic carbocycles. The lowest BCUT2D eigenvalue weighted by Gasteiger charge is -2.33. The first-order valence-electron chi connectivity index (χ1n) is 21.4. The van der Waals surface area contributed by atoms with E-state index in [1.54, 1.807) is 11.8 Å². The second-order valence-electron chi connectivity index (χ2n) is 16.2. The maximum Gasteiger partial charge on any atom is 0.0351 e. The minimum absolute atomic E-state index is 0.186. The van der Waals surface area contributed by atoms with Gasteiger partial charge in [-0.05, 0) is 153 Å². The molecule has 0 spiro atoms. The van der Waals surface area contributed by atoms with Crippen LogP contribution in [0.3, 0.4) is 0 Å². The molecule has 5 aliphatic rings. The van der Waals surface area contributed by atoms with E-state index in [-0.39, 0.29) is 11.8 Å². The molecule has 0 bridgehead atoms. The van der Waals surface area contributed by atoms with Crippen molar-refractivity contribution in [3.8, 4) is 11.1 Å². The number of rotatable bonds is 3. The molecular formula is C57H52S3. The second kappa shape index (κ2) is 17.1. The van der Waals surface area contributed by atoms with Crippen molar-refractivity contribution in [3.63, 3.8) is 0 Å². The first-order valence-corrected chi connectivity index (χ1v) is 24.0. The van der Waals surface area contributed by atoms with Crippen LogP contribution in [0.1, 0.15) is 73.6 Å². The van der Waals surface area contributed by atoms with E-state index in [4.69, 9.17) is 0 Å². The van der Waals surface area contributed by atoms with Crippen LogP contribution in [0.25, 0.3) is 43.6 Å². The lowest BCUT2D eigenvalue weighted by molar-refractivity contribution is 0.421. The van der Waals surface area contributed by atoms with Crippen LogP contribution >= 0.6 is 34.9 Å². The number of aryl methyl sites for hydroxylation is 2. The number of thioether (sulfide) groups is 2. The first-order chi connectivity index (χ1) is 29.3. The molecule has 298 valence electrons. The molecule has 0 amide bonds. The molecule has 0 radical (unpaired) electrons. The Morgan fingerprint density at radius 3 is 2.42 bits per heavy atom. The van der Waals surface area contributed by atoms with Crippen molar-refractivity contribution in [2.45, 2.75) is 64.7 Å². The van der Waals surface area contributed by atoms with Crippen LogP contribution in [0.15, 0.2) is 195 Å². The molecule has 1 aromatic heterocycles. The Kier molecular flexibility index (Phi) is 11.5. The zero-order valence-electron chi connectivity index (χ0n) is 35.3. The van der Waals surface area contributed by atoms with Crippen molar-refractivity contribution < 1.29 is 0 Å². The molecular weight excluding hydrogens is 781 g/mol. The molecule has 5 aromatic rings. The minimum atomic E-state index is 0.186. The summed E-state index contributed by atoms with van der Waals surface area (Å²) in [7, 11) is 0. The summed E-state index contributed by atoms with van der Waals surface area (Å²) in [6, 6.07) is 27.6. The van der Waals surface area contributed by atoms with Crippen molar-refractivity contribution >= 4 is 67.4 Å². The summed E-state index contributed by atoms with van der Waals surface area (Å²) in [6.07, 6.45) is 28.0. The summed E-state index contributed by atoms with van der Waals surface area (Å²) in [6.45, 7) is 20.1. The van der Waals surface area contributed by atoms with Crippen LogP contribution < -0.4 is 0 Å². The highest BCUT2D eigenvalue weighted by molar-refractivity contribution is 8.07. The average molecular weight is 833 g/mol. The Morgan fingerprint density at radius 2 is 1.55 bits per heavy atom. The molecule has 0 saturated heterocycles. The minimum Gasteiger partial charge on any atom is -0.140 e. The third-order valence-corrected chi connectivity index (χ3v) is 16.1.